The van der Waals surface area contributed by atoms with E-state index in [1.54, 1.807) is 12.1 Å². The molecule has 1 aromatic carbocycles. The lowest BCUT2D eigenvalue weighted by Crippen LogP contribution is -2.28. The molecule has 6 heteroatoms. The van der Waals surface area contributed by atoms with Crippen LogP contribution in [0.15, 0.2) is 36.4 Å². The fraction of sp³-hybridized carbons (Fsp3) is 0.438. The third-order valence-electron chi connectivity index (χ3n) is 3.66. The number of amides is 1. The lowest BCUT2D eigenvalue weighted by atomic mass is 10.0. The van der Waals surface area contributed by atoms with Crippen molar-refractivity contribution in [2.75, 3.05) is 11.0 Å². The van der Waals surface area contributed by atoms with Crippen molar-refractivity contribution < 1.29 is 13.2 Å². The first-order valence-corrected chi connectivity index (χ1v) is 9.27. The lowest BCUT2D eigenvalue weighted by molar-refractivity contribution is -0.122. The summed E-state index contributed by atoms with van der Waals surface area (Å²) in [5.41, 5.74) is 1.25. The Kier molecular flexibility index (Phi) is 5.24. The van der Waals surface area contributed by atoms with E-state index in [1.165, 1.54) is 0 Å². The van der Waals surface area contributed by atoms with Gasteiger partial charge in [-0.3, -0.25) is 9.52 Å². The molecule has 0 saturated heterocycles. The van der Waals surface area contributed by atoms with Crippen molar-refractivity contribution in [3.8, 4) is 0 Å². The van der Waals surface area contributed by atoms with Crippen molar-refractivity contribution in [2.45, 2.75) is 32.2 Å². The summed E-state index contributed by atoms with van der Waals surface area (Å²) in [6.45, 7) is 1.85. The fourth-order valence-corrected chi connectivity index (χ4v) is 3.23. The van der Waals surface area contributed by atoms with E-state index in [4.69, 9.17) is 0 Å². The van der Waals surface area contributed by atoms with Crippen LogP contribution < -0.4 is 10.0 Å². The quantitative estimate of drug-likeness (QED) is 0.791. The second-order valence-electron chi connectivity index (χ2n) is 5.72. The molecule has 1 aromatic rings. The van der Waals surface area contributed by atoms with Crippen LogP contribution in [0.3, 0.4) is 0 Å². The largest absolute Gasteiger partial charge is 0.349 e. The van der Waals surface area contributed by atoms with E-state index in [-0.39, 0.29) is 11.9 Å². The summed E-state index contributed by atoms with van der Waals surface area (Å²) in [6.07, 6.45) is 7.83. The highest BCUT2D eigenvalue weighted by atomic mass is 32.2. The van der Waals surface area contributed by atoms with Gasteiger partial charge < -0.3 is 5.32 Å². The first-order valence-electron chi connectivity index (χ1n) is 7.38. The molecule has 0 heterocycles. The molecule has 0 aromatic heterocycles. The standard InChI is InChI=1S/C16H22N2O3S/c1-12(17-16(19)11-13-7-3-4-8-13)14-9-5-6-10-15(14)18-22(2,20)21/h3,5-7,9-10,12-13,18H,4,8,11H2,1-2H3,(H,17,19)/t12-,13-/m0/s1. The summed E-state index contributed by atoms with van der Waals surface area (Å²) >= 11 is 0. The van der Waals surface area contributed by atoms with E-state index >= 15 is 0 Å². The van der Waals surface area contributed by atoms with Gasteiger partial charge in [-0.2, -0.15) is 0 Å². The number of nitrogens with one attached hydrogen (secondary N) is 2. The van der Waals surface area contributed by atoms with Gasteiger partial charge in [0.15, 0.2) is 0 Å². The molecule has 1 amide bonds. The highest BCUT2D eigenvalue weighted by Gasteiger charge is 2.18. The number of carbonyl (C=O) groups is 1. The first kappa shape index (κ1) is 16.5. The van der Waals surface area contributed by atoms with Crippen LogP contribution in [0.4, 0.5) is 5.69 Å². The molecule has 0 saturated carbocycles. The molecule has 0 fully saturated rings. The Balaban J connectivity index is 2.04. The molecule has 0 spiro atoms. The summed E-state index contributed by atoms with van der Waals surface area (Å²) in [7, 11) is -3.35. The molecular formula is C16H22N2O3S. The minimum atomic E-state index is -3.35. The van der Waals surface area contributed by atoms with Crippen LogP contribution >= 0.6 is 0 Å². The normalized spacial score (nSPS) is 18.9. The van der Waals surface area contributed by atoms with Gasteiger partial charge in [-0.25, -0.2) is 8.42 Å². The van der Waals surface area contributed by atoms with Crippen LogP contribution in [0.25, 0.3) is 0 Å². The number of hydrogen-bond acceptors (Lipinski definition) is 3. The zero-order chi connectivity index (χ0) is 16.2. The van der Waals surface area contributed by atoms with Crippen molar-refractivity contribution in [1.29, 1.82) is 0 Å². The van der Waals surface area contributed by atoms with Crippen LogP contribution in [0.1, 0.15) is 37.8 Å². The highest BCUT2D eigenvalue weighted by Crippen LogP contribution is 2.24. The molecule has 1 aliphatic carbocycles. The molecule has 120 valence electrons. The molecule has 2 rings (SSSR count). The Bertz CT molecular complexity index is 668. The molecule has 0 unspecified atom stereocenters. The molecule has 0 radical (unpaired) electrons. The van der Waals surface area contributed by atoms with Gasteiger partial charge in [0.2, 0.25) is 15.9 Å². The van der Waals surface area contributed by atoms with Crippen molar-refractivity contribution in [2.24, 2.45) is 5.92 Å². The number of benzene rings is 1. The van der Waals surface area contributed by atoms with E-state index in [1.807, 2.05) is 19.1 Å². The number of anilines is 1. The summed E-state index contributed by atoms with van der Waals surface area (Å²) in [6, 6.07) is 6.83. The maximum absolute atomic E-state index is 12.1. The number of allylic oxidation sites excluding steroid dienone is 2. The Morgan fingerprint density at radius 1 is 1.36 bits per heavy atom. The maximum atomic E-state index is 12.1. The van der Waals surface area contributed by atoms with Gasteiger partial charge in [-0.15, -0.1) is 0 Å². The Morgan fingerprint density at radius 3 is 2.73 bits per heavy atom. The molecule has 0 bridgehead atoms. The number of para-hydroxylation sites is 1. The minimum Gasteiger partial charge on any atom is -0.349 e. The summed E-state index contributed by atoms with van der Waals surface area (Å²) in [5, 5.41) is 2.94. The smallest absolute Gasteiger partial charge is 0.229 e. The molecule has 5 nitrogen and oxygen atoms in total. The van der Waals surface area contributed by atoms with Gasteiger partial charge in [0.25, 0.3) is 0 Å². The summed E-state index contributed by atoms with van der Waals surface area (Å²) in [5.74, 6) is 0.301. The SMILES string of the molecule is C[C@H](NC(=O)C[C@H]1C=CCC1)c1ccccc1NS(C)(=O)=O. The Morgan fingerprint density at radius 2 is 2.09 bits per heavy atom. The third-order valence-corrected chi connectivity index (χ3v) is 4.25. The molecular weight excluding hydrogens is 300 g/mol. The van der Waals surface area contributed by atoms with Crippen molar-refractivity contribution in [3.05, 3.63) is 42.0 Å². The predicted molar refractivity (Wildman–Crippen MR) is 87.9 cm³/mol. The van der Waals surface area contributed by atoms with Gasteiger partial charge in [-0.1, -0.05) is 30.4 Å². The summed E-state index contributed by atoms with van der Waals surface area (Å²) in [4.78, 5) is 12.1. The van der Waals surface area contributed by atoms with E-state index in [9.17, 15) is 13.2 Å². The van der Waals surface area contributed by atoms with Gasteiger partial charge in [0, 0.05) is 6.42 Å². The average molecular weight is 322 g/mol. The monoisotopic (exact) mass is 322 g/mol. The van der Waals surface area contributed by atoms with E-state index in [2.05, 4.69) is 22.2 Å². The highest BCUT2D eigenvalue weighted by molar-refractivity contribution is 7.92. The number of carbonyl (C=O) groups excluding carboxylic acids is 1. The third kappa shape index (κ3) is 4.87. The van der Waals surface area contributed by atoms with Crippen molar-refractivity contribution >= 4 is 21.6 Å². The zero-order valence-corrected chi connectivity index (χ0v) is 13.7. The molecule has 2 N–H and O–H groups in total. The van der Waals surface area contributed by atoms with E-state index in [0.29, 0.717) is 18.0 Å². The Labute approximate surface area is 131 Å². The molecule has 2 atom stereocenters. The van der Waals surface area contributed by atoms with Crippen molar-refractivity contribution in [1.82, 2.24) is 5.32 Å². The number of sulfonamides is 1. The fourth-order valence-electron chi connectivity index (χ4n) is 2.65. The first-order chi connectivity index (χ1) is 10.3. The topological polar surface area (TPSA) is 75.3 Å². The van der Waals surface area contributed by atoms with Crippen LogP contribution in [0, 0.1) is 5.92 Å². The zero-order valence-electron chi connectivity index (χ0n) is 12.9. The molecule has 0 aliphatic heterocycles. The van der Waals surface area contributed by atoms with Crippen LogP contribution in [0.2, 0.25) is 0 Å². The van der Waals surface area contributed by atoms with Crippen LogP contribution in [-0.2, 0) is 14.8 Å². The average Bonchev–Trinajstić information content (AvgIpc) is 2.90. The summed E-state index contributed by atoms with van der Waals surface area (Å²) < 4.78 is 25.3. The van der Waals surface area contributed by atoms with Crippen molar-refractivity contribution in [3.63, 3.8) is 0 Å². The van der Waals surface area contributed by atoms with Gasteiger partial charge in [0.1, 0.15) is 0 Å². The minimum absolute atomic E-state index is 0.0155. The number of rotatable bonds is 6. The van der Waals surface area contributed by atoms with E-state index in [0.717, 1.165) is 24.7 Å². The van der Waals surface area contributed by atoms with E-state index < -0.39 is 10.0 Å². The second-order valence-corrected chi connectivity index (χ2v) is 7.47. The second kappa shape index (κ2) is 6.96. The van der Waals surface area contributed by atoms with Gasteiger partial charge >= 0.3 is 0 Å². The Hall–Kier alpha value is -1.82. The lowest BCUT2D eigenvalue weighted by Gasteiger charge is -2.19. The predicted octanol–water partition coefficient (Wildman–Crippen LogP) is 2.59. The van der Waals surface area contributed by atoms with Gasteiger partial charge in [0.05, 0.1) is 18.0 Å². The van der Waals surface area contributed by atoms with Crippen LogP contribution in [0.5, 0.6) is 0 Å². The number of hydrogen-bond donors (Lipinski definition) is 2. The molecule has 1 aliphatic rings. The maximum Gasteiger partial charge on any atom is 0.229 e. The van der Waals surface area contributed by atoms with Crippen LogP contribution in [-0.4, -0.2) is 20.6 Å². The molecule has 22 heavy (non-hydrogen) atoms. The van der Waals surface area contributed by atoms with Gasteiger partial charge in [-0.05, 0) is 37.3 Å².